The summed E-state index contributed by atoms with van der Waals surface area (Å²) in [5.74, 6) is 0.932. The van der Waals surface area contributed by atoms with Crippen molar-refractivity contribution >= 4 is 28.1 Å². The minimum atomic E-state index is -0.135. The Balaban J connectivity index is 2.57. The van der Waals surface area contributed by atoms with Gasteiger partial charge in [-0.15, -0.1) is 0 Å². The standard InChI is InChI=1S/C13H17BrN2O2/c1-9(2)8-15-16-13(17)7-10-4-5-12(18-3)11(14)6-10/h4-6,8-9H,7H2,1-3H3,(H,16,17)/b15-8+. The van der Waals surface area contributed by atoms with E-state index in [9.17, 15) is 4.79 Å². The van der Waals surface area contributed by atoms with E-state index in [1.807, 2.05) is 32.0 Å². The molecular formula is C13H17BrN2O2. The third-order valence-corrected chi connectivity index (χ3v) is 2.76. The van der Waals surface area contributed by atoms with E-state index < -0.39 is 0 Å². The van der Waals surface area contributed by atoms with E-state index in [4.69, 9.17) is 4.74 Å². The molecule has 0 spiro atoms. The first kappa shape index (κ1) is 14.7. The van der Waals surface area contributed by atoms with Crippen LogP contribution >= 0.6 is 15.9 Å². The first-order valence-electron chi connectivity index (χ1n) is 5.67. The highest BCUT2D eigenvalue weighted by Gasteiger charge is 2.05. The van der Waals surface area contributed by atoms with Crippen molar-refractivity contribution in [2.24, 2.45) is 11.0 Å². The number of amides is 1. The molecule has 0 unspecified atom stereocenters. The molecule has 1 aromatic rings. The Bertz CT molecular complexity index is 445. The molecule has 0 radical (unpaired) electrons. The van der Waals surface area contributed by atoms with Crippen LogP contribution in [0.1, 0.15) is 19.4 Å². The zero-order valence-electron chi connectivity index (χ0n) is 10.7. The Kier molecular flexibility index (Phi) is 5.85. The summed E-state index contributed by atoms with van der Waals surface area (Å²) < 4.78 is 5.96. The van der Waals surface area contributed by atoms with Crippen molar-refractivity contribution in [3.05, 3.63) is 28.2 Å². The molecule has 1 N–H and O–H groups in total. The number of hydrogen-bond acceptors (Lipinski definition) is 3. The third kappa shape index (κ3) is 4.87. The van der Waals surface area contributed by atoms with Gasteiger partial charge in [-0.1, -0.05) is 19.9 Å². The molecule has 0 aliphatic carbocycles. The van der Waals surface area contributed by atoms with Crippen LogP contribution in [0.15, 0.2) is 27.8 Å². The van der Waals surface area contributed by atoms with Gasteiger partial charge in [0.2, 0.25) is 5.91 Å². The van der Waals surface area contributed by atoms with Crippen LogP contribution in [0.25, 0.3) is 0 Å². The zero-order chi connectivity index (χ0) is 13.5. The van der Waals surface area contributed by atoms with E-state index >= 15 is 0 Å². The molecule has 18 heavy (non-hydrogen) atoms. The Morgan fingerprint density at radius 3 is 2.83 bits per heavy atom. The average Bonchev–Trinajstić information content (AvgIpc) is 2.28. The van der Waals surface area contributed by atoms with Gasteiger partial charge >= 0.3 is 0 Å². The second-order valence-corrected chi connectivity index (χ2v) is 5.06. The van der Waals surface area contributed by atoms with E-state index in [1.54, 1.807) is 13.3 Å². The summed E-state index contributed by atoms with van der Waals surface area (Å²) in [4.78, 5) is 11.6. The maximum absolute atomic E-state index is 11.6. The van der Waals surface area contributed by atoms with Gasteiger partial charge in [0.1, 0.15) is 5.75 Å². The number of carbonyl (C=O) groups is 1. The van der Waals surface area contributed by atoms with Crippen LogP contribution in [-0.4, -0.2) is 19.2 Å². The number of ether oxygens (including phenoxy) is 1. The molecule has 0 saturated heterocycles. The van der Waals surface area contributed by atoms with Crippen molar-refractivity contribution in [1.82, 2.24) is 5.43 Å². The molecule has 5 heteroatoms. The number of nitrogens with one attached hydrogen (secondary N) is 1. The highest BCUT2D eigenvalue weighted by Crippen LogP contribution is 2.25. The third-order valence-electron chi connectivity index (χ3n) is 2.14. The van der Waals surface area contributed by atoms with Gasteiger partial charge in [-0.05, 0) is 39.5 Å². The molecule has 1 rings (SSSR count). The molecule has 0 aliphatic rings. The van der Waals surface area contributed by atoms with Gasteiger partial charge in [0.15, 0.2) is 0 Å². The number of hydrogen-bond donors (Lipinski definition) is 1. The van der Waals surface area contributed by atoms with Crippen molar-refractivity contribution in [2.45, 2.75) is 20.3 Å². The molecule has 0 atom stereocenters. The van der Waals surface area contributed by atoms with Gasteiger partial charge in [0.25, 0.3) is 0 Å². The number of hydrazone groups is 1. The molecule has 4 nitrogen and oxygen atoms in total. The summed E-state index contributed by atoms with van der Waals surface area (Å²) >= 11 is 3.38. The van der Waals surface area contributed by atoms with Gasteiger partial charge in [-0.2, -0.15) is 5.10 Å². The molecule has 0 heterocycles. The van der Waals surface area contributed by atoms with E-state index in [1.165, 1.54) is 0 Å². The summed E-state index contributed by atoms with van der Waals surface area (Å²) in [6, 6.07) is 5.55. The number of benzene rings is 1. The molecule has 1 amide bonds. The molecule has 1 aromatic carbocycles. The van der Waals surface area contributed by atoms with E-state index in [0.29, 0.717) is 5.92 Å². The van der Waals surface area contributed by atoms with Crippen LogP contribution in [0.3, 0.4) is 0 Å². The topological polar surface area (TPSA) is 50.7 Å². The molecule has 0 aliphatic heterocycles. The maximum atomic E-state index is 11.6. The minimum Gasteiger partial charge on any atom is -0.496 e. The number of nitrogens with zero attached hydrogens (tertiary/aromatic N) is 1. The second kappa shape index (κ2) is 7.16. The van der Waals surface area contributed by atoms with Gasteiger partial charge in [-0.3, -0.25) is 4.79 Å². The Morgan fingerprint density at radius 1 is 1.56 bits per heavy atom. The Labute approximate surface area is 116 Å². The van der Waals surface area contributed by atoms with Crippen molar-refractivity contribution in [2.75, 3.05) is 7.11 Å². The fourth-order valence-electron chi connectivity index (χ4n) is 1.30. The lowest BCUT2D eigenvalue weighted by molar-refractivity contribution is -0.120. The fourth-order valence-corrected chi connectivity index (χ4v) is 1.89. The summed E-state index contributed by atoms with van der Waals surface area (Å²) in [6.07, 6.45) is 1.99. The summed E-state index contributed by atoms with van der Waals surface area (Å²) in [7, 11) is 1.60. The van der Waals surface area contributed by atoms with Gasteiger partial charge in [0, 0.05) is 6.21 Å². The normalized spacial score (nSPS) is 10.9. The largest absolute Gasteiger partial charge is 0.496 e. The minimum absolute atomic E-state index is 0.135. The summed E-state index contributed by atoms with van der Waals surface area (Å²) in [5, 5.41) is 3.86. The van der Waals surface area contributed by atoms with Gasteiger partial charge in [0.05, 0.1) is 18.0 Å². The molecule has 0 fully saturated rings. The predicted octanol–water partition coefficient (Wildman–Crippen LogP) is 2.76. The number of carbonyl (C=O) groups excluding carboxylic acids is 1. The van der Waals surface area contributed by atoms with Crippen LogP contribution in [0.2, 0.25) is 0 Å². The fraction of sp³-hybridized carbons (Fsp3) is 0.385. The molecular weight excluding hydrogens is 296 g/mol. The van der Waals surface area contributed by atoms with Crippen LogP contribution < -0.4 is 10.2 Å². The monoisotopic (exact) mass is 312 g/mol. The lowest BCUT2D eigenvalue weighted by atomic mass is 10.1. The van der Waals surface area contributed by atoms with E-state index in [0.717, 1.165) is 15.8 Å². The van der Waals surface area contributed by atoms with Crippen molar-refractivity contribution < 1.29 is 9.53 Å². The first-order chi connectivity index (χ1) is 8.52. The van der Waals surface area contributed by atoms with Gasteiger partial charge < -0.3 is 4.74 Å². The predicted molar refractivity (Wildman–Crippen MR) is 75.9 cm³/mol. The van der Waals surface area contributed by atoms with Crippen LogP contribution in [0.5, 0.6) is 5.75 Å². The van der Waals surface area contributed by atoms with Crippen LogP contribution in [0.4, 0.5) is 0 Å². The molecule has 0 bridgehead atoms. The smallest absolute Gasteiger partial charge is 0.244 e. The Morgan fingerprint density at radius 2 is 2.28 bits per heavy atom. The maximum Gasteiger partial charge on any atom is 0.244 e. The second-order valence-electron chi connectivity index (χ2n) is 4.20. The molecule has 0 aromatic heterocycles. The van der Waals surface area contributed by atoms with E-state index in [2.05, 4.69) is 26.5 Å². The first-order valence-corrected chi connectivity index (χ1v) is 6.46. The van der Waals surface area contributed by atoms with Crippen molar-refractivity contribution in [3.8, 4) is 5.75 Å². The van der Waals surface area contributed by atoms with Gasteiger partial charge in [-0.25, -0.2) is 5.43 Å². The highest BCUT2D eigenvalue weighted by atomic mass is 79.9. The molecule has 98 valence electrons. The van der Waals surface area contributed by atoms with Crippen molar-refractivity contribution in [3.63, 3.8) is 0 Å². The summed E-state index contributed by atoms with van der Waals surface area (Å²) in [5.41, 5.74) is 3.40. The molecule has 0 saturated carbocycles. The summed E-state index contributed by atoms with van der Waals surface area (Å²) in [6.45, 7) is 3.99. The number of rotatable bonds is 5. The zero-order valence-corrected chi connectivity index (χ0v) is 12.3. The SMILES string of the molecule is COc1ccc(CC(=O)N/N=C/C(C)C)cc1Br. The van der Waals surface area contributed by atoms with Crippen LogP contribution in [-0.2, 0) is 11.2 Å². The lowest BCUT2D eigenvalue weighted by Crippen LogP contribution is -2.20. The number of methoxy groups -OCH3 is 1. The lowest BCUT2D eigenvalue weighted by Gasteiger charge is -2.05. The quantitative estimate of drug-likeness (QED) is 0.671. The Hall–Kier alpha value is -1.36. The number of halogens is 1. The van der Waals surface area contributed by atoms with Crippen molar-refractivity contribution in [1.29, 1.82) is 0 Å². The van der Waals surface area contributed by atoms with Crippen LogP contribution in [0, 0.1) is 5.92 Å². The van der Waals surface area contributed by atoms with E-state index in [-0.39, 0.29) is 12.3 Å². The average molecular weight is 313 g/mol. The highest BCUT2D eigenvalue weighted by molar-refractivity contribution is 9.10.